The lowest BCUT2D eigenvalue weighted by Crippen LogP contribution is -2.58. The molecule has 0 spiro atoms. The fourth-order valence-corrected chi connectivity index (χ4v) is 4.01. The van der Waals surface area contributed by atoms with Gasteiger partial charge in [0.1, 0.15) is 24.2 Å². The number of thioether (sulfide) groups is 1. The quantitative estimate of drug-likeness (QED) is 0.128. The Kier molecular flexibility index (Phi) is 11.4. The normalized spacial score (nSPS) is 14.2. The number of aromatic amines is 1. The zero-order valence-electron chi connectivity index (χ0n) is 20.2. The molecule has 0 aliphatic carbocycles. The van der Waals surface area contributed by atoms with E-state index in [4.69, 9.17) is 16.6 Å². The van der Waals surface area contributed by atoms with Crippen LogP contribution < -0.4 is 27.4 Å². The molecule has 0 saturated heterocycles. The van der Waals surface area contributed by atoms with Gasteiger partial charge in [-0.15, -0.1) is 0 Å². The van der Waals surface area contributed by atoms with E-state index >= 15 is 0 Å². The Morgan fingerprint density at radius 3 is 2.24 bits per heavy atom. The number of hydrogen-bond donors (Lipinski definition) is 8. The number of primary amides is 1. The molecule has 13 nitrogen and oxygen atoms in total. The van der Waals surface area contributed by atoms with Gasteiger partial charge in [0.25, 0.3) is 0 Å². The number of aliphatic hydroxyl groups excluding tert-OH is 1. The summed E-state index contributed by atoms with van der Waals surface area (Å²) in [5.41, 5.74) is 12.2. The standard InChI is InChI=1S/C23H32N6O7S/c1-37-7-6-16(27-22(34)17(9-19(25)31)28-20(32)14(24)11-30)21(33)29-18(23(35)36)8-12-10-26-15-5-3-2-4-13(12)15/h2-5,10,14,16-18,26,30H,6-9,11,24H2,1H3,(H2,25,31)(H,27,34)(H,28,32)(H,29,33)(H,35,36). The third-order valence-electron chi connectivity index (χ3n) is 5.53. The first-order chi connectivity index (χ1) is 17.6. The van der Waals surface area contributed by atoms with Gasteiger partial charge >= 0.3 is 5.97 Å². The van der Waals surface area contributed by atoms with Crippen molar-refractivity contribution in [3.05, 3.63) is 36.0 Å². The molecule has 2 rings (SSSR count). The molecular formula is C23H32N6O7S. The van der Waals surface area contributed by atoms with Crippen molar-refractivity contribution in [2.24, 2.45) is 11.5 Å². The second kappa shape index (κ2) is 14.2. The SMILES string of the molecule is CSCCC(NC(=O)C(CC(N)=O)NC(=O)C(N)CO)C(=O)NC(Cc1c[nH]c2ccccc12)C(=O)O. The van der Waals surface area contributed by atoms with Gasteiger partial charge < -0.3 is 42.6 Å². The minimum absolute atomic E-state index is 0.00626. The average Bonchev–Trinajstić information content (AvgIpc) is 3.27. The number of carboxylic acid groups (broad SMARTS) is 1. The summed E-state index contributed by atoms with van der Waals surface area (Å²) < 4.78 is 0. The Bertz CT molecular complexity index is 1120. The Morgan fingerprint density at radius 1 is 1.00 bits per heavy atom. The van der Waals surface area contributed by atoms with Crippen LogP contribution in [0, 0.1) is 0 Å². The third kappa shape index (κ3) is 8.77. The lowest BCUT2D eigenvalue weighted by molar-refractivity contribution is -0.142. The van der Waals surface area contributed by atoms with Crippen molar-refractivity contribution in [3.8, 4) is 0 Å². The zero-order chi connectivity index (χ0) is 27.5. The predicted molar refractivity (Wildman–Crippen MR) is 137 cm³/mol. The van der Waals surface area contributed by atoms with Crippen LogP contribution in [0.2, 0.25) is 0 Å². The number of para-hydroxylation sites is 1. The van der Waals surface area contributed by atoms with Crippen LogP contribution in [0.3, 0.4) is 0 Å². The summed E-state index contributed by atoms with van der Waals surface area (Å²) in [5.74, 6) is -4.23. The summed E-state index contributed by atoms with van der Waals surface area (Å²) in [6.07, 6.45) is 3.03. The lowest BCUT2D eigenvalue weighted by atomic mass is 10.0. The number of carboxylic acids is 1. The highest BCUT2D eigenvalue weighted by molar-refractivity contribution is 7.98. The lowest BCUT2D eigenvalue weighted by Gasteiger charge is -2.24. The van der Waals surface area contributed by atoms with Crippen LogP contribution in [0.25, 0.3) is 10.9 Å². The number of aliphatic hydroxyl groups is 1. The topological polar surface area (TPSA) is 230 Å². The first kappa shape index (κ1) is 29.6. The summed E-state index contributed by atoms with van der Waals surface area (Å²) in [7, 11) is 0. The minimum Gasteiger partial charge on any atom is -0.480 e. The number of nitrogens with one attached hydrogen (secondary N) is 4. The van der Waals surface area contributed by atoms with Crippen molar-refractivity contribution in [2.45, 2.75) is 43.4 Å². The second-order valence-corrected chi connectivity index (χ2v) is 9.31. The molecular weight excluding hydrogens is 504 g/mol. The van der Waals surface area contributed by atoms with Gasteiger partial charge in [-0.2, -0.15) is 11.8 Å². The molecule has 0 bridgehead atoms. The summed E-state index contributed by atoms with van der Waals surface area (Å²) in [6, 6.07) is 2.09. The molecule has 14 heteroatoms. The molecule has 10 N–H and O–H groups in total. The van der Waals surface area contributed by atoms with Crippen molar-refractivity contribution in [2.75, 3.05) is 18.6 Å². The van der Waals surface area contributed by atoms with Crippen molar-refractivity contribution in [1.29, 1.82) is 0 Å². The minimum atomic E-state index is -1.45. The van der Waals surface area contributed by atoms with Gasteiger partial charge in [-0.3, -0.25) is 19.2 Å². The van der Waals surface area contributed by atoms with Crippen molar-refractivity contribution < 1.29 is 34.2 Å². The van der Waals surface area contributed by atoms with Gasteiger partial charge in [-0.25, -0.2) is 4.79 Å². The number of aliphatic carboxylic acids is 1. The Hall–Kier alpha value is -3.62. The number of nitrogens with two attached hydrogens (primary N) is 2. The summed E-state index contributed by atoms with van der Waals surface area (Å²) in [5, 5.41) is 26.8. The molecule has 2 aromatic rings. The Labute approximate surface area is 217 Å². The van der Waals surface area contributed by atoms with Crippen LogP contribution in [0.15, 0.2) is 30.5 Å². The number of aromatic nitrogens is 1. The largest absolute Gasteiger partial charge is 0.480 e. The molecule has 202 valence electrons. The van der Waals surface area contributed by atoms with Crippen LogP contribution in [-0.4, -0.2) is 87.6 Å². The first-order valence-electron chi connectivity index (χ1n) is 11.4. The van der Waals surface area contributed by atoms with Crippen LogP contribution in [-0.2, 0) is 30.4 Å². The summed E-state index contributed by atoms with van der Waals surface area (Å²) in [4.78, 5) is 64.5. The zero-order valence-corrected chi connectivity index (χ0v) is 21.0. The van der Waals surface area contributed by atoms with E-state index < -0.39 is 66.8 Å². The highest BCUT2D eigenvalue weighted by atomic mass is 32.2. The number of carbonyl (C=O) groups is 5. The Balaban J connectivity index is 2.17. The predicted octanol–water partition coefficient (Wildman–Crippen LogP) is -1.80. The molecule has 1 heterocycles. The second-order valence-electron chi connectivity index (χ2n) is 8.33. The van der Waals surface area contributed by atoms with Crippen LogP contribution in [0.4, 0.5) is 0 Å². The van der Waals surface area contributed by atoms with E-state index in [1.165, 1.54) is 11.8 Å². The van der Waals surface area contributed by atoms with Gasteiger partial charge in [0.2, 0.25) is 23.6 Å². The molecule has 1 aromatic heterocycles. The van der Waals surface area contributed by atoms with Crippen LogP contribution in [0.5, 0.6) is 0 Å². The molecule has 4 amide bonds. The van der Waals surface area contributed by atoms with Gasteiger partial charge in [-0.05, 0) is 30.1 Å². The van der Waals surface area contributed by atoms with Gasteiger partial charge in [0, 0.05) is 23.5 Å². The van der Waals surface area contributed by atoms with E-state index in [-0.39, 0.29) is 12.8 Å². The number of carbonyl (C=O) groups excluding carboxylic acids is 4. The van der Waals surface area contributed by atoms with E-state index in [9.17, 15) is 29.1 Å². The molecule has 4 unspecified atom stereocenters. The van der Waals surface area contributed by atoms with E-state index in [0.717, 1.165) is 10.9 Å². The van der Waals surface area contributed by atoms with Crippen LogP contribution in [0.1, 0.15) is 18.4 Å². The number of H-pyrrole nitrogens is 1. The molecule has 0 aliphatic rings. The fourth-order valence-electron chi connectivity index (χ4n) is 3.54. The molecule has 0 aliphatic heterocycles. The molecule has 0 saturated carbocycles. The first-order valence-corrected chi connectivity index (χ1v) is 12.8. The molecule has 1 aromatic carbocycles. The van der Waals surface area contributed by atoms with E-state index in [1.807, 2.05) is 24.3 Å². The number of amides is 4. The van der Waals surface area contributed by atoms with Crippen molar-refractivity contribution in [3.63, 3.8) is 0 Å². The highest BCUT2D eigenvalue weighted by Gasteiger charge is 2.31. The van der Waals surface area contributed by atoms with E-state index in [0.29, 0.717) is 11.3 Å². The summed E-state index contributed by atoms with van der Waals surface area (Å²) >= 11 is 1.40. The monoisotopic (exact) mass is 536 g/mol. The average molecular weight is 537 g/mol. The van der Waals surface area contributed by atoms with Crippen molar-refractivity contribution >= 4 is 52.3 Å². The van der Waals surface area contributed by atoms with Crippen molar-refractivity contribution in [1.82, 2.24) is 20.9 Å². The number of fused-ring (bicyclic) bond motifs is 1. The summed E-state index contributed by atoms with van der Waals surface area (Å²) in [6.45, 7) is -0.692. The maximum atomic E-state index is 13.1. The maximum absolute atomic E-state index is 13.1. The molecule has 4 atom stereocenters. The van der Waals surface area contributed by atoms with Gasteiger partial charge in [0.15, 0.2) is 0 Å². The van der Waals surface area contributed by atoms with Gasteiger partial charge in [0.05, 0.1) is 13.0 Å². The smallest absolute Gasteiger partial charge is 0.326 e. The highest BCUT2D eigenvalue weighted by Crippen LogP contribution is 2.19. The van der Waals surface area contributed by atoms with Gasteiger partial charge in [-0.1, -0.05) is 18.2 Å². The van der Waals surface area contributed by atoms with Crippen LogP contribution >= 0.6 is 11.8 Å². The van der Waals surface area contributed by atoms with E-state index in [1.54, 1.807) is 12.5 Å². The fraction of sp³-hybridized carbons (Fsp3) is 0.435. The number of hydrogen-bond acceptors (Lipinski definition) is 8. The third-order valence-corrected chi connectivity index (χ3v) is 6.17. The number of rotatable bonds is 15. The van der Waals surface area contributed by atoms with E-state index in [2.05, 4.69) is 20.9 Å². The number of benzene rings is 1. The molecule has 0 radical (unpaired) electrons. The molecule has 37 heavy (non-hydrogen) atoms. The maximum Gasteiger partial charge on any atom is 0.326 e. The Morgan fingerprint density at radius 2 is 1.62 bits per heavy atom. The molecule has 0 fully saturated rings.